The minimum Gasteiger partial charge on any atom is -0.496 e. The summed E-state index contributed by atoms with van der Waals surface area (Å²) in [4.78, 5) is 12.4. The molecular weight excluding hydrogens is 252 g/mol. The van der Waals surface area contributed by atoms with Gasteiger partial charge in [-0.1, -0.05) is 25.3 Å². The summed E-state index contributed by atoms with van der Waals surface area (Å²) in [6, 6.07) is 5.45. The van der Waals surface area contributed by atoms with Crippen LogP contribution >= 0.6 is 0 Å². The van der Waals surface area contributed by atoms with Crippen molar-refractivity contribution in [1.82, 2.24) is 5.32 Å². The third-order valence-electron chi connectivity index (χ3n) is 4.22. The first-order valence-electron chi connectivity index (χ1n) is 7.37. The molecule has 0 aromatic heterocycles. The van der Waals surface area contributed by atoms with Gasteiger partial charge in [0, 0.05) is 11.7 Å². The number of hydrogen-bond donors (Lipinski definition) is 2. The molecule has 1 aliphatic carbocycles. The highest BCUT2D eigenvalue weighted by Crippen LogP contribution is 2.28. The predicted molar refractivity (Wildman–Crippen MR) is 80.9 cm³/mol. The minimum atomic E-state index is -0.141. The van der Waals surface area contributed by atoms with Gasteiger partial charge in [-0.2, -0.15) is 0 Å². The van der Waals surface area contributed by atoms with E-state index in [9.17, 15) is 4.79 Å². The van der Waals surface area contributed by atoms with Crippen LogP contribution in [0.1, 0.15) is 49.4 Å². The molecule has 0 radical (unpaired) electrons. The third-order valence-corrected chi connectivity index (χ3v) is 4.22. The van der Waals surface area contributed by atoms with E-state index in [2.05, 4.69) is 12.2 Å². The maximum atomic E-state index is 12.4. The molecule has 1 saturated carbocycles. The van der Waals surface area contributed by atoms with E-state index in [1.165, 1.54) is 32.1 Å². The molecule has 1 fully saturated rings. The van der Waals surface area contributed by atoms with Crippen molar-refractivity contribution in [2.45, 2.75) is 45.1 Å². The molecule has 110 valence electrons. The number of anilines is 1. The second-order valence-electron chi connectivity index (χ2n) is 5.58. The zero-order valence-electron chi connectivity index (χ0n) is 12.3. The molecule has 4 heteroatoms. The van der Waals surface area contributed by atoms with Gasteiger partial charge in [0.05, 0.1) is 7.11 Å². The van der Waals surface area contributed by atoms with Crippen LogP contribution < -0.4 is 15.8 Å². The van der Waals surface area contributed by atoms with Gasteiger partial charge in [0.2, 0.25) is 0 Å². The topological polar surface area (TPSA) is 64.3 Å². The predicted octanol–water partition coefficient (Wildman–Crippen LogP) is 2.98. The highest BCUT2D eigenvalue weighted by Gasteiger charge is 2.23. The molecule has 1 amide bonds. The van der Waals surface area contributed by atoms with Crippen molar-refractivity contribution in [1.29, 1.82) is 0 Å². The molecule has 1 aromatic carbocycles. The van der Waals surface area contributed by atoms with E-state index in [1.807, 2.05) is 0 Å². The average Bonchev–Trinajstić information content (AvgIpc) is 2.47. The molecule has 3 N–H and O–H groups in total. The Balaban J connectivity index is 2.08. The van der Waals surface area contributed by atoms with Crippen molar-refractivity contribution in [2.75, 3.05) is 12.8 Å². The van der Waals surface area contributed by atoms with Crippen molar-refractivity contribution < 1.29 is 9.53 Å². The molecular formula is C16H24N2O2. The van der Waals surface area contributed by atoms with Gasteiger partial charge < -0.3 is 15.8 Å². The molecule has 2 rings (SSSR count). The number of rotatable bonds is 4. The van der Waals surface area contributed by atoms with Gasteiger partial charge in [-0.25, -0.2) is 0 Å². The summed E-state index contributed by atoms with van der Waals surface area (Å²) >= 11 is 0. The van der Waals surface area contributed by atoms with Crippen LogP contribution in [0.4, 0.5) is 5.69 Å². The van der Waals surface area contributed by atoms with Crippen LogP contribution in [0, 0.1) is 5.92 Å². The molecule has 20 heavy (non-hydrogen) atoms. The highest BCUT2D eigenvalue weighted by molar-refractivity contribution is 6.02. The number of hydrogen-bond acceptors (Lipinski definition) is 3. The van der Waals surface area contributed by atoms with Gasteiger partial charge in [0.1, 0.15) is 11.3 Å². The van der Waals surface area contributed by atoms with Crippen molar-refractivity contribution in [3.05, 3.63) is 23.8 Å². The number of nitrogen functional groups attached to an aromatic ring is 1. The zero-order valence-corrected chi connectivity index (χ0v) is 12.3. The number of benzene rings is 1. The molecule has 1 aromatic rings. The van der Waals surface area contributed by atoms with Gasteiger partial charge in [0.15, 0.2) is 0 Å². The number of amides is 1. The second kappa shape index (κ2) is 6.64. The van der Waals surface area contributed by atoms with Crippen molar-refractivity contribution in [2.24, 2.45) is 5.92 Å². The van der Waals surface area contributed by atoms with Gasteiger partial charge in [-0.15, -0.1) is 0 Å². The number of carbonyl (C=O) groups is 1. The summed E-state index contributed by atoms with van der Waals surface area (Å²) in [6.45, 7) is 2.08. The molecule has 0 heterocycles. The monoisotopic (exact) mass is 276 g/mol. The van der Waals surface area contributed by atoms with Crippen LogP contribution in [-0.4, -0.2) is 19.1 Å². The normalized spacial score (nSPS) is 17.5. The lowest BCUT2D eigenvalue weighted by molar-refractivity contribution is 0.0917. The maximum Gasteiger partial charge on any atom is 0.257 e. The molecule has 0 bridgehead atoms. The van der Waals surface area contributed by atoms with Gasteiger partial charge in [-0.05, 0) is 37.8 Å². The Labute approximate surface area is 120 Å². The van der Waals surface area contributed by atoms with Gasteiger partial charge in [0.25, 0.3) is 5.91 Å². The third kappa shape index (κ3) is 3.24. The molecule has 0 aliphatic heterocycles. The number of nitrogens with one attached hydrogen (secondary N) is 1. The van der Waals surface area contributed by atoms with Crippen LogP contribution in [-0.2, 0) is 0 Å². The highest BCUT2D eigenvalue weighted by atomic mass is 16.5. The van der Waals surface area contributed by atoms with Crippen molar-refractivity contribution in [3.8, 4) is 5.75 Å². The van der Waals surface area contributed by atoms with Crippen LogP contribution in [0.15, 0.2) is 18.2 Å². The quantitative estimate of drug-likeness (QED) is 0.831. The van der Waals surface area contributed by atoms with Crippen LogP contribution in [0.25, 0.3) is 0 Å². The lowest BCUT2D eigenvalue weighted by Crippen LogP contribution is -2.39. The van der Waals surface area contributed by atoms with E-state index < -0.39 is 0 Å². The fraction of sp³-hybridized carbons (Fsp3) is 0.562. The van der Waals surface area contributed by atoms with Crippen LogP contribution in [0.2, 0.25) is 0 Å². The summed E-state index contributed by atoms with van der Waals surface area (Å²) in [6.07, 6.45) is 6.24. The van der Waals surface area contributed by atoms with Crippen LogP contribution in [0.5, 0.6) is 5.75 Å². The number of nitrogens with two attached hydrogens (primary N) is 1. The fourth-order valence-electron chi connectivity index (χ4n) is 2.99. The first-order valence-corrected chi connectivity index (χ1v) is 7.37. The molecule has 0 spiro atoms. The number of ether oxygens (including phenoxy) is 1. The van der Waals surface area contributed by atoms with E-state index in [-0.39, 0.29) is 11.9 Å². The summed E-state index contributed by atoms with van der Waals surface area (Å²) in [7, 11) is 1.55. The second-order valence-corrected chi connectivity index (χ2v) is 5.58. The lowest BCUT2D eigenvalue weighted by Gasteiger charge is -2.28. The van der Waals surface area contributed by atoms with E-state index in [0.29, 0.717) is 22.9 Å². The summed E-state index contributed by atoms with van der Waals surface area (Å²) < 4.78 is 5.23. The SMILES string of the molecule is COc1cccc(N)c1C(=O)NC(C)C1CCCCC1. The van der Waals surface area contributed by atoms with E-state index in [1.54, 1.807) is 25.3 Å². The van der Waals surface area contributed by atoms with Gasteiger partial charge in [-0.3, -0.25) is 4.79 Å². The molecule has 1 atom stereocenters. The van der Waals surface area contributed by atoms with Crippen molar-refractivity contribution in [3.63, 3.8) is 0 Å². The molecule has 4 nitrogen and oxygen atoms in total. The largest absolute Gasteiger partial charge is 0.496 e. The van der Waals surface area contributed by atoms with Crippen molar-refractivity contribution >= 4 is 11.6 Å². The van der Waals surface area contributed by atoms with Crippen LogP contribution in [0.3, 0.4) is 0 Å². The maximum absolute atomic E-state index is 12.4. The zero-order chi connectivity index (χ0) is 14.5. The average molecular weight is 276 g/mol. The Bertz CT molecular complexity index is 468. The molecule has 1 aliphatic rings. The Morgan fingerprint density at radius 1 is 1.35 bits per heavy atom. The van der Waals surface area contributed by atoms with E-state index in [4.69, 9.17) is 10.5 Å². The Kier molecular flexibility index (Phi) is 4.88. The Morgan fingerprint density at radius 3 is 2.70 bits per heavy atom. The first kappa shape index (κ1) is 14.7. The summed E-state index contributed by atoms with van der Waals surface area (Å²) in [5.41, 5.74) is 6.81. The minimum absolute atomic E-state index is 0.141. The number of carbonyl (C=O) groups excluding carboxylic acids is 1. The van der Waals surface area contributed by atoms with Gasteiger partial charge >= 0.3 is 0 Å². The Hall–Kier alpha value is -1.71. The Morgan fingerprint density at radius 2 is 2.05 bits per heavy atom. The molecule has 1 unspecified atom stereocenters. The standard InChI is InChI=1S/C16H24N2O2/c1-11(12-7-4-3-5-8-12)18-16(19)15-13(17)9-6-10-14(15)20-2/h6,9-12H,3-5,7-8,17H2,1-2H3,(H,18,19). The smallest absolute Gasteiger partial charge is 0.257 e. The lowest BCUT2D eigenvalue weighted by atomic mass is 9.84. The summed E-state index contributed by atoms with van der Waals surface area (Å²) in [5.74, 6) is 0.958. The summed E-state index contributed by atoms with van der Waals surface area (Å²) in [5, 5.41) is 3.08. The van der Waals surface area contributed by atoms with E-state index in [0.717, 1.165) is 0 Å². The molecule has 0 saturated heterocycles. The van der Waals surface area contributed by atoms with E-state index >= 15 is 0 Å². The fourth-order valence-corrected chi connectivity index (χ4v) is 2.99. The number of methoxy groups -OCH3 is 1. The first-order chi connectivity index (χ1) is 9.63.